The smallest absolute Gasteiger partial charge is 0.207 e. The molecular formula is C17H12Cl2N2O2. The molecule has 0 aliphatic carbocycles. The lowest BCUT2D eigenvalue weighted by Crippen LogP contribution is -2.14. The molecule has 0 bridgehead atoms. The molecule has 2 aromatic heterocycles. The Morgan fingerprint density at radius 1 is 1.26 bits per heavy atom. The van der Waals surface area contributed by atoms with Crippen LogP contribution in [0.25, 0.3) is 16.7 Å². The van der Waals surface area contributed by atoms with E-state index in [2.05, 4.69) is 4.98 Å². The number of rotatable bonds is 1. The first-order valence-corrected chi connectivity index (χ1v) is 7.96. The summed E-state index contributed by atoms with van der Waals surface area (Å²) in [4.78, 5) is 17.1. The quantitative estimate of drug-likeness (QED) is 0.668. The number of pyridine rings is 2. The zero-order chi connectivity index (χ0) is 16.1. The monoisotopic (exact) mass is 346 g/mol. The van der Waals surface area contributed by atoms with Crippen molar-refractivity contribution in [3.63, 3.8) is 0 Å². The molecular weight excluding hydrogens is 335 g/mol. The number of fused-ring (bicyclic) bond motifs is 2. The second kappa shape index (κ2) is 5.25. The van der Waals surface area contributed by atoms with Gasteiger partial charge >= 0.3 is 0 Å². The van der Waals surface area contributed by atoms with Crippen molar-refractivity contribution in [1.29, 1.82) is 0 Å². The van der Waals surface area contributed by atoms with Gasteiger partial charge in [0.2, 0.25) is 5.88 Å². The predicted octanol–water partition coefficient (Wildman–Crippen LogP) is 4.02. The Balaban J connectivity index is 2.14. The molecule has 1 aromatic carbocycles. The largest absolute Gasteiger partial charge is 0.475 e. The molecule has 1 aliphatic rings. The number of halogens is 2. The minimum Gasteiger partial charge on any atom is -0.475 e. The summed E-state index contributed by atoms with van der Waals surface area (Å²) in [7, 11) is 0. The van der Waals surface area contributed by atoms with Gasteiger partial charge in [-0.15, -0.1) is 0 Å². The molecule has 1 unspecified atom stereocenters. The van der Waals surface area contributed by atoms with E-state index in [-0.39, 0.29) is 11.5 Å². The number of benzene rings is 1. The molecule has 4 nitrogen and oxygen atoms in total. The third kappa shape index (κ3) is 2.21. The molecule has 6 heteroatoms. The number of hydrogen-bond donors (Lipinski definition) is 0. The van der Waals surface area contributed by atoms with Crippen molar-refractivity contribution in [1.82, 2.24) is 9.55 Å². The van der Waals surface area contributed by atoms with Crippen LogP contribution in [0, 0.1) is 0 Å². The summed E-state index contributed by atoms with van der Waals surface area (Å²) >= 11 is 12.2. The highest BCUT2D eigenvalue weighted by Crippen LogP contribution is 2.34. The summed E-state index contributed by atoms with van der Waals surface area (Å²) in [5.74, 6) is 0.534. The van der Waals surface area contributed by atoms with E-state index in [1.165, 1.54) is 0 Å². The molecule has 0 saturated carbocycles. The first kappa shape index (κ1) is 14.5. The molecule has 0 fully saturated rings. The van der Waals surface area contributed by atoms with Gasteiger partial charge in [0.05, 0.1) is 26.7 Å². The second-order valence-electron chi connectivity index (χ2n) is 5.55. The van der Waals surface area contributed by atoms with Crippen LogP contribution in [0.3, 0.4) is 0 Å². The van der Waals surface area contributed by atoms with Crippen molar-refractivity contribution >= 4 is 34.2 Å². The molecule has 116 valence electrons. The Morgan fingerprint density at radius 2 is 2.09 bits per heavy atom. The Bertz CT molecular complexity index is 998. The summed E-state index contributed by atoms with van der Waals surface area (Å²) < 4.78 is 7.73. The van der Waals surface area contributed by atoms with E-state index >= 15 is 0 Å². The summed E-state index contributed by atoms with van der Waals surface area (Å²) in [6, 6.07) is 8.84. The van der Waals surface area contributed by atoms with Gasteiger partial charge in [0.1, 0.15) is 6.10 Å². The van der Waals surface area contributed by atoms with Crippen molar-refractivity contribution in [2.24, 2.45) is 0 Å². The topological polar surface area (TPSA) is 44.1 Å². The third-order valence-electron chi connectivity index (χ3n) is 3.94. The van der Waals surface area contributed by atoms with Crippen LogP contribution in [0.5, 0.6) is 5.88 Å². The molecule has 0 amide bonds. The lowest BCUT2D eigenvalue weighted by molar-refractivity contribution is 0.242. The SMILES string of the molecule is CC1Cc2c(n(-c3ccc(Cl)c(Cl)c3)c3ncccc3c2=O)O1. The van der Waals surface area contributed by atoms with E-state index < -0.39 is 0 Å². The highest BCUT2D eigenvalue weighted by Gasteiger charge is 2.28. The Labute approximate surface area is 142 Å². The first-order chi connectivity index (χ1) is 11.1. The summed E-state index contributed by atoms with van der Waals surface area (Å²) in [5, 5.41) is 1.47. The first-order valence-electron chi connectivity index (χ1n) is 7.21. The van der Waals surface area contributed by atoms with E-state index in [9.17, 15) is 4.79 Å². The Hall–Kier alpha value is -2.04. The number of aromatic nitrogens is 2. The molecule has 0 radical (unpaired) electrons. The zero-order valence-corrected chi connectivity index (χ0v) is 13.7. The molecule has 1 atom stereocenters. The van der Waals surface area contributed by atoms with Crippen LogP contribution in [-0.4, -0.2) is 15.7 Å². The van der Waals surface area contributed by atoms with Gasteiger partial charge in [-0.3, -0.25) is 9.36 Å². The van der Waals surface area contributed by atoms with Crippen LogP contribution in [0.2, 0.25) is 10.0 Å². The summed E-state index contributed by atoms with van der Waals surface area (Å²) in [6.07, 6.45) is 2.18. The molecule has 4 rings (SSSR count). The molecule has 3 heterocycles. The molecule has 1 aliphatic heterocycles. The van der Waals surface area contributed by atoms with Gasteiger partial charge in [0, 0.05) is 12.6 Å². The molecule has 0 spiro atoms. The van der Waals surface area contributed by atoms with Crippen LogP contribution in [0.1, 0.15) is 12.5 Å². The van der Waals surface area contributed by atoms with E-state index in [1.54, 1.807) is 30.5 Å². The second-order valence-corrected chi connectivity index (χ2v) is 6.37. The highest BCUT2D eigenvalue weighted by atomic mass is 35.5. The number of nitrogens with zero attached hydrogens (tertiary/aromatic N) is 2. The fourth-order valence-electron chi connectivity index (χ4n) is 2.93. The summed E-state index contributed by atoms with van der Waals surface area (Å²) in [5.41, 5.74) is 1.95. The van der Waals surface area contributed by atoms with Crippen molar-refractivity contribution in [3.05, 3.63) is 62.4 Å². The van der Waals surface area contributed by atoms with Gasteiger partial charge in [-0.2, -0.15) is 0 Å². The molecule has 0 saturated heterocycles. The lowest BCUT2D eigenvalue weighted by atomic mass is 10.1. The Morgan fingerprint density at radius 3 is 2.87 bits per heavy atom. The number of hydrogen-bond acceptors (Lipinski definition) is 3. The minimum absolute atomic E-state index is 0.0243. The zero-order valence-electron chi connectivity index (χ0n) is 12.2. The van der Waals surface area contributed by atoms with E-state index in [0.29, 0.717) is 38.9 Å². The predicted molar refractivity (Wildman–Crippen MR) is 91.2 cm³/mol. The van der Waals surface area contributed by atoms with Gasteiger partial charge in [0.15, 0.2) is 11.1 Å². The van der Waals surface area contributed by atoms with Crippen LogP contribution < -0.4 is 10.2 Å². The maximum atomic E-state index is 12.7. The minimum atomic E-state index is -0.0523. The van der Waals surface area contributed by atoms with Crippen LogP contribution in [0.15, 0.2) is 41.3 Å². The van der Waals surface area contributed by atoms with Crippen LogP contribution in [0.4, 0.5) is 0 Å². The third-order valence-corrected chi connectivity index (χ3v) is 4.68. The van der Waals surface area contributed by atoms with Crippen LogP contribution in [-0.2, 0) is 6.42 Å². The van der Waals surface area contributed by atoms with Crippen LogP contribution >= 0.6 is 23.2 Å². The average Bonchev–Trinajstić information content (AvgIpc) is 2.93. The van der Waals surface area contributed by atoms with Crippen molar-refractivity contribution in [2.75, 3.05) is 0 Å². The van der Waals surface area contributed by atoms with E-state index in [1.807, 2.05) is 17.6 Å². The molecule has 3 aromatic rings. The molecule has 0 N–H and O–H groups in total. The van der Waals surface area contributed by atoms with Crippen molar-refractivity contribution < 1.29 is 4.74 Å². The van der Waals surface area contributed by atoms with Crippen molar-refractivity contribution in [3.8, 4) is 11.6 Å². The van der Waals surface area contributed by atoms with E-state index in [4.69, 9.17) is 27.9 Å². The number of ether oxygens (including phenoxy) is 1. The van der Waals surface area contributed by atoms with Gasteiger partial charge in [-0.05, 0) is 37.3 Å². The fourth-order valence-corrected chi connectivity index (χ4v) is 3.22. The van der Waals surface area contributed by atoms with Crippen molar-refractivity contribution in [2.45, 2.75) is 19.4 Å². The van der Waals surface area contributed by atoms with Gasteiger partial charge < -0.3 is 4.74 Å². The normalized spacial score (nSPS) is 16.4. The fraction of sp³-hybridized carbons (Fsp3) is 0.176. The molecule has 23 heavy (non-hydrogen) atoms. The maximum absolute atomic E-state index is 12.7. The van der Waals surface area contributed by atoms with Gasteiger partial charge in [-0.25, -0.2) is 4.98 Å². The van der Waals surface area contributed by atoms with Gasteiger partial charge in [0.25, 0.3) is 0 Å². The lowest BCUT2D eigenvalue weighted by Gasteiger charge is -2.16. The average molecular weight is 347 g/mol. The standard InChI is InChI=1S/C17H12Cl2N2O2/c1-9-7-12-15(22)11-3-2-6-20-16(11)21(17(12)23-9)10-4-5-13(18)14(19)8-10/h2-6,8-9H,7H2,1H3. The van der Waals surface area contributed by atoms with E-state index in [0.717, 1.165) is 5.69 Å². The summed E-state index contributed by atoms with van der Waals surface area (Å²) in [6.45, 7) is 1.94. The maximum Gasteiger partial charge on any atom is 0.207 e. The Kier molecular flexibility index (Phi) is 3.32. The van der Waals surface area contributed by atoms with Gasteiger partial charge in [-0.1, -0.05) is 23.2 Å². The highest BCUT2D eigenvalue weighted by molar-refractivity contribution is 6.42.